The molecule has 2 fully saturated rings. The highest BCUT2D eigenvalue weighted by Crippen LogP contribution is 2.51. The highest BCUT2D eigenvalue weighted by molar-refractivity contribution is 9.10. The lowest BCUT2D eigenvalue weighted by Crippen LogP contribution is -2.47. The van der Waals surface area contributed by atoms with Crippen LogP contribution in [0.5, 0.6) is 0 Å². The van der Waals surface area contributed by atoms with Crippen LogP contribution in [0.1, 0.15) is 50.4 Å². The number of piperidine rings is 1. The monoisotopic (exact) mass is 335 g/mol. The van der Waals surface area contributed by atoms with Gasteiger partial charge in [0.15, 0.2) is 5.78 Å². The summed E-state index contributed by atoms with van der Waals surface area (Å²) in [5.74, 6) is 1.11. The number of fused-ring (bicyclic) bond motifs is 1. The van der Waals surface area contributed by atoms with E-state index in [-0.39, 0.29) is 11.3 Å². The first-order chi connectivity index (χ1) is 9.36. The maximum atomic E-state index is 12.5. The van der Waals surface area contributed by atoms with E-state index in [0.717, 1.165) is 22.0 Å². The molecule has 3 heteroatoms. The van der Waals surface area contributed by atoms with Crippen molar-refractivity contribution in [1.82, 2.24) is 4.90 Å². The number of rotatable bonds is 3. The molecule has 3 rings (SSSR count). The molecule has 0 bridgehead atoms. The van der Waals surface area contributed by atoms with E-state index in [1.165, 1.54) is 12.8 Å². The number of hydrogen-bond donors (Lipinski definition) is 0. The molecule has 0 radical (unpaired) electrons. The molecule has 1 aliphatic carbocycles. The van der Waals surface area contributed by atoms with Gasteiger partial charge in [-0.1, -0.05) is 28.1 Å². The summed E-state index contributed by atoms with van der Waals surface area (Å²) >= 11 is 3.44. The van der Waals surface area contributed by atoms with Crippen molar-refractivity contribution in [3.63, 3.8) is 0 Å². The molecule has 1 saturated heterocycles. The summed E-state index contributed by atoms with van der Waals surface area (Å²) in [5.41, 5.74) is 0.992. The van der Waals surface area contributed by atoms with E-state index in [4.69, 9.17) is 0 Å². The number of likely N-dealkylation sites (tertiary alicyclic amines) is 1. The van der Waals surface area contributed by atoms with Gasteiger partial charge in [0, 0.05) is 34.1 Å². The smallest absolute Gasteiger partial charge is 0.164 e. The van der Waals surface area contributed by atoms with Gasteiger partial charge in [0.25, 0.3) is 0 Å². The lowest BCUT2D eigenvalue weighted by Gasteiger charge is -2.39. The van der Waals surface area contributed by atoms with Crippen LogP contribution < -0.4 is 0 Å². The molecule has 0 spiro atoms. The summed E-state index contributed by atoms with van der Waals surface area (Å²) in [6.45, 7) is 6.80. The molecule has 108 valence electrons. The Bertz CT molecular complexity index is 534. The Morgan fingerprint density at radius 1 is 1.35 bits per heavy atom. The van der Waals surface area contributed by atoms with Gasteiger partial charge in [0.2, 0.25) is 0 Å². The Kier molecular flexibility index (Phi) is 3.54. The number of nitrogens with zero attached hydrogens (tertiary/aromatic N) is 1. The summed E-state index contributed by atoms with van der Waals surface area (Å²) < 4.78 is 0.977. The Labute approximate surface area is 129 Å². The van der Waals surface area contributed by atoms with Crippen molar-refractivity contribution in [3.8, 4) is 0 Å². The van der Waals surface area contributed by atoms with Gasteiger partial charge in [-0.05, 0) is 51.7 Å². The van der Waals surface area contributed by atoms with E-state index in [2.05, 4.69) is 41.6 Å². The molecule has 1 saturated carbocycles. The van der Waals surface area contributed by atoms with E-state index in [1.807, 2.05) is 24.3 Å². The fraction of sp³-hybridized carbons (Fsp3) is 0.588. The Morgan fingerprint density at radius 3 is 2.75 bits per heavy atom. The molecule has 0 aromatic heterocycles. The number of benzene rings is 1. The average Bonchev–Trinajstić information content (AvgIpc) is 2.98. The van der Waals surface area contributed by atoms with Gasteiger partial charge in [0.05, 0.1) is 0 Å². The number of ketones is 1. The first-order valence-corrected chi connectivity index (χ1v) is 8.23. The molecule has 0 unspecified atom stereocenters. The molecular formula is C17H22BrNO. The van der Waals surface area contributed by atoms with Gasteiger partial charge in [-0.2, -0.15) is 0 Å². The second-order valence-corrected chi connectivity index (χ2v) is 8.08. The number of carbonyl (C=O) groups excluding carboxylic acids is 1. The van der Waals surface area contributed by atoms with Crippen molar-refractivity contribution in [2.45, 2.75) is 57.7 Å². The predicted octanol–water partition coefficient (Wildman–Crippen LogP) is 4.28. The number of Topliss-reactive ketones (excluding diaryl/α,β-unsaturated/α-hetero) is 1. The molecule has 1 heterocycles. The van der Waals surface area contributed by atoms with Crippen molar-refractivity contribution in [2.24, 2.45) is 5.92 Å². The van der Waals surface area contributed by atoms with E-state index in [1.54, 1.807) is 0 Å². The quantitative estimate of drug-likeness (QED) is 0.768. The zero-order valence-electron chi connectivity index (χ0n) is 12.4. The Balaban J connectivity index is 1.73. The van der Waals surface area contributed by atoms with Gasteiger partial charge in [-0.3, -0.25) is 9.69 Å². The predicted molar refractivity (Wildman–Crippen MR) is 85.0 cm³/mol. The van der Waals surface area contributed by atoms with Gasteiger partial charge in [-0.15, -0.1) is 0 Å². The molecule has 20 heavy (non-hydrogen) atoms. The summed E-state index contributed by atoms with van der Waals surface area (Å²) in [6.07, 6.45) is 3.18. The molecule has 0 amide bonds. The van der Waals surface area contributed by atoms with Crippen molar-refractivity contribution in [3.05, 3.63) is 34.3 Å². The maximum Gasteiger partial charge on any atom is 0.164 e. The maximum absolute atomic E-state index is 12.5. The second kappa shape index (κ2) is 4.96. The molecule has 1 aliphatic heterocycles. The first-order valence-electron chi connectivity index (χ1n) is 7.43. The zero-order valence-corrected chi connectivity index (χ0v) is 14.0. The molecule has 1 aromatic carbocycles. The van der Waals surface area contributed by atoms with Gasteiger partial charge < -0.3 is 0 Å². The second-order valence-electron chi connectivity index (χ2n) is 7.17. The molecule has 0 N–H and O–H groups in total. The minimum Gasteiger partial charge on any atom is -0.294 e. The number of carbonyl (C=O) groups is 1. The van der Waals surface area contributed by atoms with Crippen LogP contribution in [0.15, 0.2) is 28.7 Å². The Hall–Kier alpha value is -0.670. The van der Waals surface area contributed by atoms with Crippen LogP contribution >= 0.6 is 15.9 Å². The summed E-state index contributed by atoms with van der Waals surface area (Å²) in [5, 5.41) is 0. The van der Waals surface area contributed by atoms with E-state index in [9.17, 15) is 4.79 Å². The fourth-order valence-electron chi connectivity index (χ4n) is 3.78. The molecule has 2 nitrogen and oxygen atoms in total. The van der Waals surface area contributed by atoms with Crippen LogP contribution in [-0.4, -0.2) is 28.3 Å². The zero-order chi connectivity index (χ0) is 14.5. The number of hydrogen-bond acceptors (Lipinski definition) is 2. The minimum atomic E-state index is 0.165. The van der Waals surface area contributed by atoms with E-state index in [0.29, 0.717) is 12.5 Å². The van der Waals surface area contributed by atoms with Crippen molar-refractivity contribution < 1.29 is 4.79 Å². The van der Waals surface area contributed by atoms with Crippen molar-refractivity contribution >= 4 is 21.7 Å². The van der Waals surface area contributed by atoms with Gasteiger partial charge in [0.1, 0.15) is 0 Å². The van der Waals surface area contributed by atoms with Crippen LogP contribution in [0, 0.1) is 5.92 Å². The normalized spacial score (nSPS) is 29.3. The Morgan fingerprint density at radius 2 is 2.10 bits per heavy atom. The van der Waals surface area contributed by atoms with Crippen LogP contribution in [0.25, 0.3) is 0 Å². The van der Waals surface area contributed by atoms with Crippen molar-refractivity contribution in [1.29, 1.82) is 0 Å². The molecule has 1 aromatic rings. The van der Waals surface area contributed by atoms with Crippen molar-refractivity contribution in [2.75, 3.05) is 0 Å². The van der Waals surface area contributed by atoms with Crippen LogP contribution in [0.4, 0.5) is 0 Å². The highest BCUT2D eigenvalue weighted by atomic mass is 79.9. The number of halogens is 1. The summed E-state index contributed by atoms with van der Waals surface area (Å²) in [7, 11) is 0. The largest absolute Gasteiger partial charge is 0.294 e. The SMILES string of the molecule is CC(C)(C)N1[C@H](CC(=O)c2cccc(Br)c2)C[C@H]2C[C@H]21. The summed E-state index contributed by atoms with van der Waals surface area (Å²) in [6, 6.07) is 8.90. The standard InChI is InChI=1S/C17H22BrNO/c1-17(2,3)19-14(8-12-9-15(12)19)10-16(20)11-5-4-6-13(18)7-11/h4-7,12,14-15H,8-10H2,1-3H3/t12-,14-,15+/m0/s1. The van der Waals surface area contributed by atoms with E-state index >= 15 is 0 Å². The first kappa shape index (κ1) is 14.3. The lowest BCUT2D eigenvalue weighted by molar-refractivity contribution is 0.0752. The highest BCUT2D eigenvalue weighted by Gasteiger charge is 2.55. The fourth-order valence-corrected chi connectivity index (χ4v) is 4.18. The lowest BCUT2D eigenvalue weighted by atomic mass is 9.97. The van der Waals surface area contributed by atoms with Crippen LogP contribution in [0.3, 0.4) is 0 Å². The summed E-state index contributed by atoms with van der Waals surface area (Å²) in [4.78, 5) is 15.1. The molecule has 2 aliphatic rings. The van der Waals surface area contributed by atoms with E-state index < -0.39 is 0 Å². The third-order valence-corrected chi connectivity index (χ3v) is 5.05. The average molecular weight is 336 g/mol. The van der Waals surface area contributed by atoms with Crippen LogP contribution in [0.2, 0.25) is 0 Å². The minimum absolute atomic E-state index is 0.165. The third-order valence-electron chi connectivity index (χ3n) is 4.55. The van der Waals surface area contributed by atoms with Gasteiger partial charge in [-0.25, -0.2) is 0 Å². The van der Waals surface area contributed by atoms with Gasteiger partial charge >= 0.3 is 0 Å². The third kappa shape index (κ3) is 2.71. The molecule has 3 atom stereocenters. The van der Waals surface area contributed by atoms with Crippen LogP contribution in [-0.2, 0) is 0 Å². The molecular weight excluding hydrogens is 314 g/mol. The topological polar surface area (TPSA) is 20.3 Å².